The number of aromatic nitrogens is 2. The number of nitrogens with zero attached hydrogens (tertiary/aromatic N) is 3. The first-order valence-corrected chi connectivity index (χ1v) is 9.77. The van der Waals surface area contributed by atoms with E-state index in [0.717, 1.165) is 24.4 Å². The van der Waals surface area contributed by atoms with Crippen molar-refractivity contribution in [3.63, 3.8) is 0 Å². The Bertz CT molecular complexity index is 737. The van der Waals surface area contributed by atoms with Crippen LogP contribution in [0, 0.1) is 11.8 Å². The molecule has 1 saturated heterocycles. The van der Waals surface area contributed by atoms with Gasteiger partial charge in [0.05, 0.1) is 12.4 Å². The largest absolute Gasteiger partial charge is 0.497 e. The predicted octanol–water partition coefficient (Wildman–Crippen LogP) is 3.73. The number of carbonyl (C=O) groups is 1. The van der Waals surface area contributed by atoms with Crippen LogP contribution in [0.15, 0.2) is 33.9 Å². The molecule has 1 aromatic heterocycles. The summed E-state index contributed by atoms with van der Waals surface area (Å²) >= 11 is 1.31. The summed E-state index contributed by atoms with van der Waals surface area (Å²) in [5, 5.41) is 8.32. The molecule has 0 radical (unpaired) electrons. The van der Waals surface area contributed by atoms with Gasteiger partial charge in [-0.2, -0.15) is 0 Å². The van der Waals surface area contributed by atoms with Crippen molar-refractivity contribution in [2.45, 2.75) is 37.7 Å². The second kappa shape index (κ2) is 8.12. The summed E-state index contributed by atoms with van der Waals surface area (Å²) in [6, 6.07) is 7.42. The number of carbonyl (C=O) groups excluding carboxylic acids is 1. The number of amides is 1. The molecular formula is C19H25N3O3S. The summed E-state index contributed by atoms with van der Waals surface area (Å²) in [5.74, 6) is 2.44. The molecule has 26 heavy (non-hydrogen) atoms. The maximum Gasteiger partial charge on any atom is 0.277 e. The van der Waals surface area contributed by atoms with Crippen molar-refractivity contribution >= 4 is 17.7 Å². The Morgan fingerprint density at radius 2 is 1.88 bits per heavy atom. The summed E-state index contributed by atoms with van der Waals surface area (Å²) in [6.45, 7) is 7.96. The molecule has 6 nitrogen and oxygen atoms in total. The van der Waals surface area contributed by atoms with Crippen molar-refractivity contribution in [2.75, 3.05) is 20.2 Å². The van der Waals surface area contributed by atoms with E-state index in [1.807, 2.05) is 36.1 Å². The van der Waals surface area contributed by atoms with Crippen LogP contribution < -0.4 is 4.74 Å². The van der Waals surface area contributed by atoms with Gasteiger partial charge in [-0.05, 0) is 49.4 Å². The fourth-order valence-corrected chi connectivity index (χ4v) is 4.18. The van der Waals surface area contributed by atoms with Gasteiger partial charge < -0.3 is 14.1 Å². The molecule has 3 atom stereocenters. The van der Waals surface area contributed by atoms with E-state index in [4.69, 9.17) is 9.15 Å². The van der Waals surface area contributed by atoms with Crippen LogP contribution in [0.3, 0.4) is 0 Å². The highest BCUT2D eigenvalue weighted by Gasteiger charge is 2.29. The Kier molecular flexibility index (Phi) is 5.86. The Balaban J connectivity index is 1.63. The first-order valence-electron chi connectivity index (χ1n) is 8.89. The highest BCUT2D eigenvalue weighted by Crippen LogP contribution is 2.29. The summed E-state index contributed by atoms with van der Waals surface area (Å²) < 4.78 is 10.9. The van der Waals surface area contributed by atoms with E-state index < -0.39 is 0 Å². The van der Waals surface area contributed by atoms with E-state index in [0.29, 0.717) is 22.9 Å². The SMILES string of the molecule is COc1ccc(-c2nnc(SC(C)C(=O)N3CC(C)CC(C)C3)o2)cc1. The third-order valence-corrected chi connectivity index (χ3v) is 5.47. The lowest BCUT2D eigenvalue weighted by atomic mass is 9.92. The van der Waals surface area contributed by atoms with Crippen LogP contribution in [0.2, 0.25) is 0 Å². The number of likely N-dealkylation sites (tertiary alicyclic amines) is 1. The molecule has 0 saturated carbocycles. The zero-order chi connectivity index (χ0) is 18.7. The number of ether oxygens (including phenoxy) is 1. The van der Waals surface area contributed by atoms with Gasteiger partial charge in [-0.3, -0.25) is 4.79 Å². The molecule has 1 aliphatic rings. The molecule has 0 N–H and O–H groups in total. The normalized spacial score (nSPS) is 21.5. The first-order chi connectivity index (χ1) is 12.5. The van der Waals surface area contributed by atoms with Gasteiger partial charge in [0.2, 0.25) is 11.8 Å². The van der Waals surface area contributed by atoms with Gasteiger partial charge in [-0.25, -0.2) is 0 Å². The molecule has 0 bridgehead atoms. The van der Waals surface area contributed by atoms with Gasteiger partial charge in [0.25, 0.3) is 5.22 Å². The number of rotatable bonds is 5. The van der Waals surface area contributed by atoms with E-state index in [1.54, 1.807) is 7.11 Å². The molecule has 1 amide bonds. The average molecular weight is 375 g/mol. The number of thioether (sulfide) groups is 1. The summed E-state index contributed by atoms with van der Waals surface area (Å²) in [7, 11) is 1.62. The number of hydrogen-bond donors (Lipinski definition) is 0. The van der Waals surface area contributed by atoms with Crippen molar-refractivity contribution in [3.05, 3.63) is 24.3 Å². The number of hydrogen-bond acceptors (Lipinski definition) is 6. The molecule has 140 valence electrons. The monoisotopic (exact) mass is 375 g/mol. The maximum absolute atomic E-state index is 12.7. The number of piperidine rings is 1. The maximum atomic E-state index is 12.7. The Hall–Kier alpha value is -2.02. The minimum atomic E-state index is -0.253. The molecule has 2 aromatic rings. The fraction of sp³-hybridized carbons (Fsp3) is 0.526. The number of methoxy groups -OCH3 is 1. The van der Waals surface area contributed by atoms with Crippen molar-refractivity contribution in [2.24, 2.45) is 11.8 Å². The van der Waals surface area contributed by atoms with Crippen molar-refractivity contribution in [1.82, 2.24) is 15.1 Å². The summed E-state index contributed by atoms with van der Waals surface area (Å²) in [6.07, 6.45) is 1.18. The second-order valence-electron chi connectivity index (χ2n) is 7.05. The highest BCUT2D eigenvalue weighted by atomic mass is 32.2. The minimum Gasteiger partial charge on any atom is -0.497 e. The van der Waals surface area contributed by atoms with Crippen LogP contribution in [0.4, 0.5) is 0 Å². The van der Waals surface area contributed by atoms with E-state index in [1.165, 1.54) is 18.2 Å². The zero-order valence-corrected chi connectivity index (χ0v) is 16.5. The smallest absolute Gasteiger partial charge is 0.277 e. The fourth-order valence-electron chi connectivity index (χ4n) is 3.41. The Labute approximate surface area is 158 Å². The lowest BCUT2D eigenvalue weighted by Crippen LogP contribution is -2.45. The number of benzene rings is 1. The summed E-state index contributed by atoms with van der Waals surface area (Å²) in [5.41, 5.74) is 0.822. The van der Waals surface area contributed by atoms with E-state index in [2.05, 4.69) is 24.0 Å². The standard InChI is InChI=1S/C19H25N3O3S/c1-12-9-13(2)11-22(10-12)18(23)14(3)26-19-21-20-17(25-19)15-5-7-16(24-4)8-6-15/h5-8,12-14H,9-11H2,1-4H3. The van der Waals surface area contributed by atoms with Gasteiger partial charge in [0, 0.05) is 18.7 Å². The van der Waals surface area contributed by atoms with Crippen LogP contribution in [0.25, 0.3) is 11.5 Å². The van der Waals surface area contributed by atoms with Gasteiger partial charge >= 0.3 is 0 Å². The Morgan fingerprint density at radius 1 is 1.23 bits per heavy atom. The summed E-state index contributed by atoms with van der Waals surface area (Å²) in [4.78, 5) is 14.7. The van der Waals surface area contributed by atoms with Crippen LogP contribution in [-0.2, 0) is 4.79 Å². The quantitative estimate of drug-likeness (QED) is 0.742. The van der Waals surface area contributed by atoms with Crippen molar-refractivity contribution in [1.29, 1.82) is 0 Å². The van der Waals surface area contributed by atoms with E-state index in [-0.39, 0.29) is 11.2 Å². The lowest BCUT2D eigenvalue weighted by molar-refractivity contribution is -0.132. The molecule has 3 rings (SSSR count). The molecule has 2 heterocycles. The van der Waals surface area contributed by atoms with Gasteiger partial charge in [-0.1, -0.05) is 25.6 Å². The molecular weight excluding hydrogens is 350 g/mol. The second-order valence-corrected chi connectivity index (χ2v) is 8.34. The average Bonchev–Trinajstić information content (AvgIpc) is 3.08. The highest BCUT2D eigenvalue weighted by molar-refractivity contribution is 8.00. The predicted molar refractivity (Wildman–Crippen MR) is 101 cm³/mol. The topological polar surface area (TPSA) is 68.5 Å². The molecule has 7 heteroatoms. The van der Waals surface area contributed by atoms with Crippen LogP contribution >= 0.6 is 11.8 Å². The zero-order valence-electron chi connectivity index (χ0n) is 15.6. The molecule has 1 aliphatic heterocycles. The van der Waals surface area contributed by atoms with Crippen molar-refractivity contribution < 1.29 is 13.9 Å². The first kappa shape index (κ1) is 18.8. The third kappa shape index (κ3) is 4.38. The van der Waals surface area contributed by atoms with Gasteiger partial charge in [-0.15, -0.1) is 10.2 Å². The Morgan fingerprint density at radius 3 is 2.50 bits per heavy atom. The van der Waals surface area contributed by atoms with Crippen molar-refractivity contribution in [3.8, 4) is 17.2 Å². The van der Waals surface area contributed by atoms with E-state index in [9.17, 15) is 4.79 Å². The van der Waals surface area contributed by atoms with Gasteiger partial charge in [0.15, 0.2) is 0 Å². The van der Waals surface area contributed by atoms with Crippen LogP contribution in [0.1, 0.15) is 27.2 Å². The van der Waals surface area contributed by atoms with Gasteiger partial charge in [0.1, 0.15) is 5.75 Å². The molecule has 0 aliphatic carbocycles. The molecule has 3 unspecified atom stereocenters. The van der Waals surface area contributed by atoms with Crippen LogP contribution in [0.5, 0.6) is 5.75 Å². The third-order valence-electron chi connectivity index (χ3n) is 4.55. The molecule has 1 fully saturated rings. The lowest BCUT2D eigenvalue weighted by Gasteiger charge is -2.36. The molecule has 1 aromatic carbocycles. The van der Waals surface area contributed by atoms with Crippen LogP contribution in [-0.4, -0.2) is 46.5 Å². The van der Waals surface area contributed by atoms with E-state index >= 15 is 0 Å². The molecule has 0 spiro atoms. The minimum absolute atomic E-state index is 0.137.